The van der Waals surface area contributed by atoms with Gasteiger partial charge in [-0.2, -0.15) is 0 Å². The van der Waals surface area contributed by atoms with Gasteiger partial charge in [0.25, 0.3) is 0 Å². The summed E-state index contributed by atoms with van der Waals surface area (Å²) in [6, 6.07) is 0. The van der Waals surface area contributed by atoms with Crippen LogP contribution in [-0.2, 0) is 0 Å². The summed E-state index contributed by atoms with van der Waals surface area (Å²) in [5.74, 6) is 0. The Kier molecular flexibility index (Phi) is 5.38. The van der Waals surface area contributed by atoms with Gasteiger partial charge in [0.2, 0.25) is 0 Å². The molecule has 0 spiro atoms. The van der Waals surface area contributed by atoms with Crippen LogP contribution in [-0.4, -0.2) is 24.0 Å². The molecule has 1 nitrogen and oxygen atoms in total. The van der Waals surface area contributed by atoms with Gasteiger partial charge in [-0.15, -0.1) is 0 Å². The normalized spacial score (nSPS) is 16.9. The summed E-state index contributed by atoms with van der Waals surface area (Å²) in [4.78, 5) is 1.24. The molecule has 0 saturated heterocycles. The molecule has 0 amide bonds. The largest absolute Gasteiger partial charge is 0.244 e. The van der Waals surface area contributed by atoms with E-state index in [0.717, 1.165) is 0 Å². The number of hydrogen-bond donors (Lipinski definition) is 0. The third kappa shape index (κ3) is 3.14. The van der Waals surface area contributed by atoms with E-state index in [1.54, 1.807) is 20.8 Å². The van der Waals surface area contributed by atoms with E-state index in [-0.39, 0.29) is 0 Å². The molecule has 0 heterocycles. The molecule has 0 aromatic carbocycles. The van der Waals surface area contributed by atoms with Crippen molar-refractivity contribution in [2.45, 2.75) is 46.2 Å². The van der Waals surface area contributed by atoms with Gasteiger partial charge >= 0.3 is 0 Å². The Labute approximate surface area is 67.4 Å². The number of hydrogen-bond acceptors (Lipinski definition) is 1. The smallest absolute Gasteiger partial charge is 0.155 e. The first-order chi connectivity index (χ1) is 5.17. The molecule has 0 radical (unpaired) electrons. The van der Waals surface area contributed by atoms with E-state index in [0.29, 0.717) is 19.4 Å². The molecule has 11 heavy (non-hydrogen) atoms. The van der Waals surface area contributed by atoms with Crippen molar-refractivity contribution in [2.75, 3.05) is 6.54 Å². The van der Waals surface area contributed by atoms with Crippen LogP contribution in [0, 0.1) is 0 Å². The maximum absolute atomic E-state index is 12.9. The van der Waals surface area contributed by atoms with E-state index < -0.39 is 12.6 Å². The Bertz CT molecular complexity index is 88.1. The first kappa shape index (κ1) is 10.8. The molecule has 68 valence electrons. The maximum atomic E-state index is 12.9. The van der Waals surface area contributed by atoms with Crippen molar-refractivity contribution in [3.05, 3.63) is 0 Å². The van der Waals surface area contributed by atoms with Gasteiger partial charge in [-0.25, -0.2) is 13.7 Å². The maximum Gasteiger partial charge on any atom is 0.155 e. The minimum absolute atomic E-state index is 0.355. The lowest BCUT2D eigenvalue weighted by Crippen LogP contribution is -2.37. The summed E-state index contributed by atoms with van der Waals surface area (Å²) in [6.07, 6.45) is -1.55. The van der Waals surface area contributed by atoms with Gasteiger partial charge in [0, 0.05) is 6.54 Å². The third-order valence-electron chi connectivity index (χ3n) is 1.76. The van der Waals surface area contributed by atoms with Crippen LogP contribution in [0.25, 0.3) is 0 Å². The summed E-state index contributed by atoms with van der Waals surface area (Å²) in [5, 5.41) is 0. The standard InChI is InChI=1S/C8H17F2N/c1-4-7(9)11(6-3)8(10)5-2/h7-8H,4-6H2,1-3H3. The second kappa shape index (κ2) is 5.47. The predicted molar refractivity (Wildman–Crippen MR) is 42.8 cm³/mol. The van der Waals surface area contributed by atoms with Crippen LogP contribution in [0.4, 0.5) is 8.78 Å². The predicted octanol–water partition coefficient (Wildman–Crippen LogP) is 2.72. The van der Waals surface area contributed by atoms with Crippen LogP contribution in [0.3, 0.4) is 0 Å². The zero-order chi connectivity index (χ0) is 8.85. The Morgan fingerprint density at radius 2 is 1.36 bits per heavy atom. The lowest BCUT2D eigenvalue weighted by molar-refractivity contribution is -0.0175. The van der Waals surface area contributed by atoms with Gasteiger partial charge in [0.1, 0.15) is 0 Å². The van der Waals surface area contributed by atoms with Crippen LogP contribution in [0.15, 0.2) is 0 Å². The lowest BCUT2D eigenvalue weighted by atomic mass is 10.3. The molecule has 0 aliphatic rings. The van der Waals surface area contributed by atoms with E-state index in [9.17, 15) is 8.78 Å². The third-order valence-corrected chi connectivity index (χ3v) is 1.76. The monoisotopic (exact) mass is 165 g/mol. The van der Waals surface area contributed by atoms with Crippen molar-refractivity contribution in [3.8, 4) is 0 Å². The van der Waals surface area contributed by atoms with Crippen molar-refractivity contribution in [1.82, 2.24) is 4.90 Å². The number of alkyl halides is 2. The summed E-state index contributed by atoms with van der Waals surface area (Å²) < 4.78 is 25.8. The highest BCUT2D eigenvalue weighted by Crippen LogP contribution is 2.13. The van der Waals surface area contributed by atoms with Gasteiger partial charge in [-0.1, -0.05) is 20.8 Å². The van der Waals surface area contributed by atoms with Crippen molar-refractivity contribution >= 4 is 0 Å². The zero-order valence-electron chi connectivity index (χ0n) is 7.48. The topological polar surface area (TPSA) is 3.24 Å². The van der Waals surface area contributed by atoms with Crippen molar-refractivity contribution in [3.63, 3.8) is 0 Å². The van der Waals surface area contributed by atoms with Crippen LogP contribution in [0.2, 0.25) is 0 Å². The van der Waals surface area contributed by atoms with E-state index in [2.05, 4.69) is 0 Å². The fraction of sp³-hybridized carbons (Fsp3) is 1.00. The van der Waals surface area contributed by atoms with Crippen LogP contribution in [0.1, 0.15) is 33.6 Å². The molecule has 0 bridgehead atoms. The summed E-state index contributed by atoms with van der Waals surface area (Å²) in [7, 11) is 0. The molecule has 0 aromatic heterocycles. The zero-order valence-corrected chi connectivity index (χ0v) is 7.48. The van der Waals surface area contributed by atoms with Crippen molar-refractivity contribution in [1.29, 1.82) is 0 Å². The fourth-order valence-electron chi connectivity index (χ4n) is 1.04. The van der Waals surface area contributed by atoms with E-state index in [4.69, 9.17) is 0 Å². The van der Waals surface area contributed by atoms with Crippen LogP contribution in [0.5, 0.6) is 0 Å². The molecule has 2 atom stereocenters. The number of rotatable bonds is 5. The molecule has 0 aliphatic carbocycles. The first-order valence-electron chi connectivity index (χ1n) is 4.21. The second-order valence-electron chi connectivity index (χ2n) is 2.52. The molecule has 0 rings (SSSR count). The van der Waals surface area contributed by atoms with Gasteiger partial charge < -0.3 is 0 Å². The minimum atomic E-state index is -1.13. The van der Waals surface area contributed by atoms with E-state index in [1.165, 1.54) is 4.90 Å². The molecular weight excluding hydrogens is 148 g/mol. The molecule has 0 N–H and O–H groups in total. The number of nitrogens with zero attached hydrogens (tertiary/aromatic N) is 1. The lowest BCUT2D eigenvalue weighted by Gasteiger charge is -2.26. The van der Waals surface area contributed by atoms with E-state index >= 15 is 0 Å². The Morgan fingerprint density at radius 3 is 1.55 bits per heavy atom. The van der Waals surface area contributed by atoms with E-state index in [1.807, 2.05) is 0 Å². The highest BCUT2D eigenvalue weighted by Gasteiger charge is 2.21. The Morgan fingerprint density at radius 1 is 1.00 bits per heavy atom. The van der Waals surface area contributed by atoms with Gasteiger partial charge in [-0.3, -0.25) is 0 Å². The quantitative estimate of drug-likeness (QED) is 0.566. The molecule has 0 fully saturated rings. The SMILES string of the molecule is CCC(F)N(CC)C(F)CC. The molecule has 2 unspecified atom stereocenters. The van der Waals surface area contributed by atoms with Crippen LogP contribution >= 0.6 is 0 Å². The molecular formula is C8H17F2N. The summed E-state index contributed by atoms with van der Waals surface area (Å²) in [6.45, 7) is 5.64. The second-order valence-corrected chi connectivity index (χ2v) is 2.52. The van der Waals surface area contributed by atoms with Gasteiger partial charge in [0.15, 0.2) is 12.6 Å². The van der Waals surface area contributed by atoms with Crippen LogP contribution < -0.4 is 0 Å². The average Bonchev–Trinajstić information content (AvgIpc) is 2.05. The highest BCUT2D eigenvalue weighted by molar-refractivity contribution is 4.61. The van der Waals surface area contributed by atoms with Crippen molar-refractivity contribution in [2.24, 2.45) is 0 Å². The molecule has 0 aliphatic heterocycles. The highest BCUT2D eigenvalue weighted by atomic mass is 19.2. The molecule has 3 heteroatoms. The molecule has 0 saturated carbocycles. The Balaban J connectivity index is 3.92. The minimum Gasteiger partial charge on any atom is -0.244 e. The summed E-state index contributed by atoms with van der Waals surface area (Å²) in [5.41, 5.74) is 0. The van der Waals surface area contributed by atoms with Gasteiger partial charge in [-0.05, 0) is 12.8 Å². The fourth-order valence-corrected chi connectivity index (χ4v) is 1.04. The summed E-state index contributed by atoms with van der Waals surface area (Å²) >= 11 is 0. The number of halogens is 2. The van der Waals surface area contributed by atoms with Crippen molar-refractivity contribution < 1.29 is 8.78 Å². The Hall–Kier alpha value is -0.180. The van der Waals surface area contributed by atoms with Gasteiger partial charge in [0.05, 0.1) is 0 Å². The first-order valence-corrected chi connectivity index (χ1v) is 4.21. The average molecular weight is 165 g/mol. The molecule has 0 aromatic rings.